The van der Waals surface area contributed by atoms with Crippen LogP contribution in [-0.4, -0.2) is 60.0 Å². The Balaban J connectivity index is 1.35. The van der Waals surface area contributed by atoms with Crippen LogP contribution in [0.3, 0.4) is 0 Å². The minimum atomic E-state index is -0.100. The van der Waals surface area contributed by atoms with Crippen molar-refractivity contribution in [3.8, 4) is 11.5 Å². The van der Waals surface area contributed by atoms with Crippen molar-refractivity contribution >= 4 is 29.0 Å². The number of nitrogens with one attached hydrogen (secondary N) is 1. The summed E-state index contributed by atoms with van der Waals surface area (Å²) in [5.41, 5.74) is 3.92. The molecule has 1 amide bonds. The highest BCUT2D eigenvalue weighted by atomic mass is 32.2. The number of carbonyl (C=O) groups excluding carboxylic acids is 1. The van der Waals surface area contributed by atoms with Gasteiger partial charge in [-0.3, -0.25) is 4.79 Å². The van der Waals surface area contributed by atoms with Crippen molar-refractivity contribution in [2.75, 3.05) is 49.2 Å². The summed E-state index contributed by atoms with van der Waals surface area (Å²) in [5, 5.41) is 11.5. The third-order valence-electron chi connectivity index (χ3n) is 5.05. The third-order valence-corrected chi connectivity index (χ3v) is 5.87. The van der Waals surface area contributed by atoms with Crippen LogP contribution < -0.4 is 10.2 Å². The lowest BCUT2D eigenvalue weighted by atomic mass is 10.1. The van der Waals surface area contributed by atoms with E-state index in [9.17, 15) is 4.79 Å². The predicted molar refractivity (Wildman–Crippen MR) is 120 cm³/mol. The molecular formula is C22H25N5O2S. The summed E-state index contributed by atoms with van der Waals surface area (Å²) in [7, 11) is 2.13. The summed E-state index contributed by atoms with van der Waals surface area (Å²) in [6.45, 7) is 5.94. The van der Waals surface area contributed by atoms with E-state index in [0.717, 1.165) is 43.1 Å². The first-order chi connectivity index (χ1) is 14.6. The lowest BCUT2D eigenvalue weighted by molar-refractivity contribution is -0.113. The largest absolute Gasteiger partial charge is 0.411 e. The highest BCUT2D eigenvalue weighted by Crippen LogP contribution is 2.27. The van der Waals surface area contributed by atoms with Gasteiger partial charge in [0.2, 0.25) is 11.8 Å². The standard InChI is InChI=1S/C22H25N5O2S/c1-16-7-9-17(10-8-16)21-24-25-22(29-21)30-15-20(28)23-18-5-3-4-6-19(18)27-13-11-26(2)12-14-27/h3-10H,11-15H2,1-2H3,(H,23,28). The van der Waals surface area contributed by atoms with Crippen molar-refractivity contribution in [3.63, 3.8) is 0 Å². The van der Waals surface area contributed by atoms with Crippen LogP contribution in [0.5, 0.6) is 0 Å². The van der Waals surface area contributed by atoms with Crippen molar-refractivity contribution in [2.45, 2.75) is 12.1 Å². The van der Waals surface area contributed by atoms with Gasteiger partial charge in [0, 0.05) is 31.7 Å². The summed E-state index contributed by atoms with van der Waals surface area (Å²) in [4.78, 5) is 17.2. The van der Waals surface area contributed by atoms with Gasteiger partial charge >= 0.3 is 0 Å². The van der Waals surface area contributed by atoms with Crippen LogP contribution in [0.1, 0.15) is 5.56 Å². The van der Waals surface area contributed by atoms with Crippen molar-refractivity contribution in [1.82, 2.24) is 15.1 Å². The summed E-state index contributed by atoms with van der Waals surface area (Å²) in [5.74, 6) is 0.557. The van der Waals surface area contributed by atoms with Crippen LogP contribution in [0.15, 0.2) is 58.2 Å². The second-order valence-corrected chi connectivity index (χ2v) is 8.31. The van der Waals surface area contributed by atoms with Gasteiger partial charge in [-0.05, 0) is 38.2 Å². The van der Waals surface area contributed by atoms with E-state index in [1.807, 2.05) is 49.4 Å². The van der Waals surface area contributed by atoms with Crippen LogP contribution in [0.4, 0.5) is 11.4 Å². The van der Waals surface area contributed by atoms with Gasteiger partial charge in [-0.25, -0.2) is 0 Å². The van der Waals surface area contributed by atoms with E-state index >= 15 is 0 Å². The van der Waals surface area contributed by atoms with Gasteiger partial charge in [0.15, 0.2) is 0 Å². The zero-order chi connectivity index (χ0) is 20.9. The molecule has 0 radical (unpaired) electrons. The monoisotopic (exact) mass is 423 g/mol. The number of likely N-dealkylation sites (N-methyl/N-ethyl adjacent to an activating group) is 1. The molecular weight excluding hydrogens is 398 g/mol. The number of para-hydroxylation sites is 2. The zero-order valence-electron chi connectivity index (χ0n) is 17.2. The normalized spacial score (nSPS) is 14.7. The summed E-state index contributed by atoms with van der Waals surface area (Å²) >= 11 is 1.24. The van der Waals surface area contributed by atoms with E-state index < -0.39 is 0 Å². The van der Waals surface area contributed by atoms with Gasteiger partial charge in [-0.2, -0.15) is 0 Å². The van der Waals surface area contributed by atoms with Gasteiger partial charge in [0.1, 0.15) is 0 Å². The zero-order valence-corrected chi connectivity index (χ0v) is 18.0. The van der Waals surface area contributed by atoms with Gasteiger partial charge in [0.25, 0.3) is 5.22 Å². The molecule has 2 heterocycles. The molecule has 1 aliphatic heterocycles. The summed E-state index contributed by atoms with van der Waals surface area (Å²) in [6.07, 6.45) is 0. The second-order valence-electron chi connectivity index (χ2n) is 7.38. The number of hydrogen-bond acceptors (Lipinski definition) is 7. The van der Waals surface area contributed by atoms with Crippen LogP contribution in [0, 0.1) is 6.92 Å². The molecule has 1 aromatic heterocycles. The SMILES string of the molecule is Cc1ccc(-c2nnc(SCC(=O)Nc3ccccc3N3CCN(C)CC3)o2)cc1. The minimum absolute atomic E-state index is 0.100. The molecule has 8 heteroatoms. The number of thioether (sulfide) groups is 1. The number of aromatic nitrogens is 2. The van der Waals surface area contributed by atoms with E-state index in [1.165, 1.54) is 17.3 Å². The average Bonchev–Trinajstić information content (AvgIpc) is 3.23. The fraction of sp³-hybridized carbons (Fsp3) is 0.318. The molecule has 156 valence electrons. The van der Waals surface area contributed by atoms with Crippen molar-refractivity contribution in [2.24, 2.45) is 0 Å². The van der Waals surface area contributed by atoms with Gasteiger partial charge in [-0.1, -0.05) is 41.6 Å². The number of nitrogens with zero attached hydrogens (tertiary/aromatic N) is 4. The Morgan fingerprint density at radius 1 is 1.07 bits per heavy atom. The Kier molecular flexibility index (Phi) is 6.35. The molecule has 4 rings (SSSR count). The van der Waals surface area contributed by atoms with Crippen LogP contribution in [0.2, 0.25) is 0 Å². The van der Waals surface area contributed by atoms with Gasteiger partial charge in [0.05, 0.1) is 17.1 Å². The molecule has 1 aliphatic rings. The average molecular weight is 424 g/mol. The number of benzene rings is 2. The molecule has 1 N–H and O–H groups in total. The lowest BCUT2D eigenvalue weighted by Gasteiger charge is -2.35. The number of rotatable bonds is 6. The molecule has 2 aromatic carbocycles. The third kappa shape index (κ3) is 5.01. The molecule has 0 aliphatic carbocycles. The molecule has 30 heavy (non-hydrogen) atoms. The fourth-order valence-electron chi connectivity index (χ4n) is 3.30. The Hall–Kier alpha value is -2.84. The molecule has 0 atom stereocenters. The summed E-state index contributed by atoms with van der Waals surface area (Å²) < 4.78 is 5.69. The Bertz CT molecular complexity index is 997. The first-order valence-corrected chi connectivity index (χ1v) is 10.9. The molecule has 7 nitrogen and oxygen atoms in total. The Morgan fingerprint density at radius 3 is 2.57 bits per heavy atom. The van der Waals surface area contributed by atoms with Crippen molar-refractivity contribution in [1.29, 1.82) is 0 Å². The smallest absolute Gasteiger partial charge is 0.277 e. The Labute approximate surface area is 180 Å². The van der Waals surface area contributed by atoms with Crippen LogP contribution in [0.25, 0.3) is 11.5 Å². The lowest BCUT2D eigenvalue weighted by Crippen LogP contribution is -2.44. The van der Waals surface area contributed by atoms with E-state index in [2.05, 4.69) is 38.4 Å². The Morgan fingerprint density at radius 2 is 1.80 bits per heavy atom. The molecule has 3 aromatic rings. The number of aryl methyl sites for hydroxylation is 1. The summed E-state index contributed by atoms with van der Waals surface area (Å²) in [6, 6.07) is 15.8. The molecule has 0 spiro atoms. The topological polar surface area (TPSA) is 74.5 Å². The van der Waals surface area contributed by atoms with Gasteiger partial charge in [-0.15, -0.1) is 10.2 Å². The number of amides is 1. The molecule has 0 unspecified atom stereocenters. The fourth-order valence-corrected chi connectivity index (χ4v) is 3.86. The first-order valence-electron chi connectivity index (χ1n) is 9.94. The quantitative estimate of drug-likeness (QED) is 0.608. The maximum Gasteiger partial charge on any atom is 0.277 e. The van der Waals surface area contributed by atoms with E-state index in [4.69, 9.17) is 4.42 Å². The number of piperazine rings is 1. The van der Waals surface area contributed by atoms with E-state index in [0.29, 0.717) is 11.1 Å². The van der Waals surface area contributed by atoms with Gasteiger partial charge < -0.3 is 19.5 Å². The maximum absolute atomic E-state index is 12.5. The van der Waals surface area contributed by atoms with Crippen LogP contribution >= 0.6 is 11.8 Å². The second kappa shape index (κ2) is 9.32. The molecule has 0 saturated carbocycles. The molecule has 0 bridgehead atoms. The van der Waals surface area contributed by atoms with E-state index in [1.54, 1.807) is 0 Å². The van der Waals surface area contributed by atoms with Crippen LogP contribution in [-0.2, 0) is 4.79 Å². The number of carbonyl (C=O) groups is 1. The predicted octanol–water partition coefficient (Wildman–Crippen LogP) is 3.53. The molecule has 1 saturated heterocycles. The van der Waals surface area contributed by atoms with E-state index in [-0.39, 0.29) is 11.7 Å². The number of hydrogen-bond donors (Lipinski definition) is 1. The van der Waals surface area contributed by atoms with Crippen molar-refractivity contribution in [3.05, 3.63) is 54.1 Å². The molecule has 1 fully saturated rings. The number of anilines is 2. The first kappa shape index (κ1) is 20.4. The van der Waals surface area contributed by atoms with Crippen molar-refractivity contribution < 1.29 is 9.21 Å². The highest BCUT2D eigenvalue weighted by Gasteiger charge is 2.18. The maximum atomic E-state index is 12.5. The minimum Gasteiger partial charge on any atom is -0.411 e. The highest BCUT2D eigenvalue weighted by molar-refractivity contribution is 7.99.